The van der Waals surface area contributed by atoms with Gasteiger partial charge in [0.05, 0.1) is 0 Å². The Morgan fingerprint density at radius 3 is 2.73 bits per heavy atom. The number of amides is 1. The lowest BCUT2D eigenvalue weighted by Gasteiger charge is -2.29. The number of aryl methyl sites for hydroxylation is 2. The van der Waals surface area contributed by atoms with E-state index >= 15 is 0 Å². The lowest BCUT2D eigenvalue weighted by Crippen LogP contribution is -2.42. The number of aliphatic carboxylic acids is 1. The maximum absolute atomic E-state index is 11.8. The average Bonchev–Trinajstić information content (AvgIpc) is 2.81. The summed E-state index contributed by atoms with van der Waals surface area (Å²) in [6, 6.07) is 6.22. The van der Waals surface area contributed by atoms with Crippen LogP contribution in [0, 0.1) is 13.8 Å². The molecule has 1 heterocycles. The summed E-state index contributed by atoms with van der Waals surface area (Å²) in [5.74, 6) is -0.186. The molecule has 0 aliphatic carbocycles. The van der Waals surface area contributed by atoms with Gasteiger partial charge in [0.25, 0.3) is 0 Å². The lowest BCUT2D eigenvalue weighted by molar-refractivity contribution is -0.145. The number of nitrogens with zero attached hydrogens (tertiary/aromatic N) is 2. The standard InChI is InChI=1S/C20H30N2O4/c1-15-6-7-16(2)19(13-15)26-12-11-21-9-4-5-18(8-10-21)22(17(3)23)14-20(24)25/h6-7,13,18H,4-5,8-12,14H2,1-3H3,(H,24,25)/t18-/m0/s1. The minimum Gasteiger partial charge on any atom is -0.492 e. The molecular formula is C20H30N2O4. The minimum atomic E-state index is -0.955. The molecule has 0 saturated carbocycles. The third-order valence-corrected chi connectivity index (χ3v) is 4.95. The smallest absolute Gasteiger partial charge is 0.323 e. The molecule has 6 nitrogen and oxygen atoms in total. The quantitative estimate of drug-likeness (QED) is 0.807. The van der Waals surface area contributed by atoms with E-state index in [1.807, 2.05) is 6.92 Å². The fourth-order valence-electron chi connectivity index (χ4n) is 3.46. The number of rotatable bonds is 7. The van der Waals surface area contributed by atoms with Crippen molar-refractivity contribution in [3.63, 3.8) is 0 Å². The highest BCUT2D eigenvalue weighted by molar-refractivity contribution is 5.79. The van der Waals surface area contributed by atoms with Crippen molar-refractivity contribution >= 4 is 11.9 Å². The largest absolute Gasteiger partial charge is 0.492 e. The van der Waals surface area contributed by atoms with Crippen molar-refractivity contribution in [1.82, 2.24) is 9.80 Å². The van der Waals surface area contributed by atoms with E-state index in [4.69, 9.17) is 9.84 Å². The minimum absolute atomic E-state index is 0.00790. The highest BCUT2D eigenvalue weighted by atomic mass is 16.5. The van der Waals surface area contributed by atoms with Crippen molar-refractivity contribution in [2.45, 2.75) is 46.1 Å². The van der Waals surface area contributed by atoms with Crippen LogP contribution in [0.5, 0.6) is 5.75 Å². The van der Waals surface area contributed by atoms with Gasteiger partial charge in [-0.1, -0.05) is 12.1 Å². The van der Waals surface area contributed by atoms with Crippen molar-refractivity contribution in [2.75, 3.05) is 32.8 Å². The van der Waals surface area contributed by atoms with Gasteiger partial charge in [0.15, 0.2) is 0 Å². The molecule has 1 saturated heterocycles. The van der Waals surface area contributed by atoms with Crippen LogP contribution in [0.2, 0.25) is 0 Å². The van der Waals surface area contributed by atoms with E-state index in [2.05, 4.69) is 30.0 Å². The van der Waals surface area contributed by atoms with Crippen LogP contribution >= 0.6 is 0 Å². The van der Waals surface area contributed by atoms with Crippen LogP contribution in [0.15, 0.2) is 18.2 Å². The molecule has 1 aliphatic heterocycles. The molecule has 1 N–H and O–H groups in total. The Bertz CT molecular complexity index is 632. The number of ether oxygens (including phenoxy) is 1. The van der Waals surface area contributed by atoms with Gasteiger partial charge in [-0.15, -0.1) is 0 Å². The summed E-state index contributed by atoms with van der Waals surface area (Å²) in [5.41, 5.74) is 2.32. The molecule has 1 atom stereocenters. The van der Waals surface area contributed by atoms with Crippen LogP contribution in [-0.4, -0.2) is 65.6 Å². The summed E-state index contributed by atoms with van der Waals surface area (Å²) in [4.78, 5) is 26.6. The average molecular weight is 362 g/mol. The van der Waals surface area contributed by atoms with Crippen molar-refractivity contribution in [1.29, 1.82) is 0 Å². The van der Waals surface area contributed by atoms with Crippen molar-refractivity contribution in [3.8, 4) is 5.75 Å². The number of carboxylic acids is 1. The first-order valence-electron chi connectivity index (χ1n) is 9.28. The second kappa shape index (κ2) is 9.57. The van der Waals surface area contributed by atoms with Crippen molar-refractivity contribution in [3.05, 3.63) is 29.3 Å². The molecule has 1 aliphatic rings. The molecule has 26 heavy (non-hydrogen) atoms. The van der Waals surface area contributed by atoms with E-state index < -0.39 is 5.97 Å². The molecule has 144 valence electrons. The molecule has 0 bridgehead atoms. The Morgan fingerprint density at radius 2 is 2.04 bits per heavy atom. The van der Waals surface area contributed by atoms with Gasteiger partial charge in [-0.3, -0.25) is 14.5 Å². The Morgan fingerprint density at radius 1 is 1.27 bits per heavy atom. The number of benzene rings is 1. The normalized spacial score (nSPS) is 18.2. The van der Waals surface area contributed by atoms with Gasteiger partial charge in [-0.2, -0.15) is 0 Å². The summed E-state index contributed by atoms with van der Waals surface area (Å²) in [5, 5.41) is 9.03. The molecule has 6 heteroatoms. The van der Waals surface area contributed by atoms with E-state index in [1.165, 1.54) is 17.4 Å². The highest BCUT2D eigenvalue weighted by Gasteiger charge is 2.26. The van der Waals surface area contributed by atoms with Gasteiger partial charge in [-0.25, -0.2) is 0 Å². The van der Waals surface area contributed by atoms with Gasteiger partial charge in [0.1, 0.15) is 18.9 Å². The molecule has 1 aromatic rings. The maximum Gasteiger partial charge on any atom is 0.323 e. The van der Waals surface area contributed by atoms with Crippen LogP contribution in [0.25, 0.3) is 0 Å². The maximum atomic E-state index is 11.8. The highest BCUT2D eigenvalue weighted by Crippen LogP contribution is 2.20. The van der Waals surface area contributed by atoms with E-state index in [9.17, 15) is 9.59 Å². The summed E-state index contributed by atoms with van der Waals surface area (Å²) in [6.45, 7) is 8.60. The zero-order chi connectivity index (χ0) is 19.1. The van der Waals surface area contributed by atoms with Crippen LogP contribution in [-0.2, 0) is 9.59 Å². The van der Waals surface area contributed by atoms with Gasteiger partial charge in [0.2, 0.25) is 5.91 Å². The van der Waals surface area contributed by atoms with E-state index in [1.54, 1.807) is 0 Å². The second-order valence-corrected chi connectivity index (χ2v) is 7.08. The molecule has 1 fully saturated rings. The number of likely N-dealkylation sites (tertiary alicyclic amines) is 1. The second-order valence-electron chi connectivity index (χ2n) is 7.08. The van der Waals surface area contributed by atoms with Crippen LogP contribution < -0.4 is 4.74 Å². The first kappa shape index (κ1) is 20.2. The van der Waals surface area contributed by atoms with Crippen LogP contribution in [0.1, 0.15) is 37.3 Å². The Hall–Kier alpha value is -2.08. The topological polar surface area (TPSA) is 70.1 Å². The number of hydrogen-bond donors (Lipinski definition) is 1. The van der Waals surface area contributed by atoms with Crippen LogP contribution in [0.3, 0.4) is 0 Å². The summed E-state index contributed by atoms with van der Waals surface area (Å²) < 4.78 is 5.94. The van der Waals surface area contributed by atoms with E-state index in [-0.39, 0.29) is 18.5 Å². The Labute approximate surface area is 155 Å². The van der Waals surface area contributed by atoms with E-state index in [0.29, 0.717) is 6.61 Å². The first-order valence-corrected chi connectivity index (χ1v) is 9.28. The predicted octanol–water partition coefficient (Wildman–Crippen LogP) is 2.47. The van der Waals surface area contributed by atoms with Gasteiger partial charge in [0, 0.05) is 26.1 Å². The molecule has 0 radical (unpaired) electrons. The summed E-state index contributed by atoms with van der Waals surface area (Å²) >= 11 is 0. The fourth-order valence-corrected chi connectivity index (χ4v) is 3.46. The number of carbonyl (C=O) groups excluding carboxylic acids is 1. The molecule has 0 aromatic heterocycles. The van der Waals surface area contributed by atoms with E-state index in [0.717, 1.165) is 50.2 Å². The Kier molecular flexibility index (Phi) is 7.45. The molecule has 0 unspecified atom stereocenters. The number of carboxylic acid groups (broad SMARTS) is 1. The monoisotopic (exact) mass is 362 g/mol. The third kappa shape index (κ3) is 6.02. The van der Waals surface area contributed by atoms with Gasteiger partial charge in [-0.05, 0) is 56.8 Å². The predicted molar refractivity (Wildman–Crippen MR) is 101 cm³/mol. The van der Waals surface area contributed by atoms with Crippen molar-refractivity contribution in [2.24, 2.45) is 0 Å². The first-order chi connectivity index (χ1) is 12.4. The molecule has 0 spiro atoms. The lowest BCUT2D eigenvalue weighted by atomic mass is 10.1. The molecule has 1 aromatic carbocycles. The molecular weight excluding hydrogens is 332 g/mol. The zero-order valence-electron chi connectivity index (χ0n) is 16.0. The summed E-state index contributed by atoms with van der Waals surface area (Å²) in [6.07, 6.45) is 2.61. The molecule has 1 amide bonds. The number of hydrogen-bond acceptors (Lipinski definition) is 4. The van der Waals surface area contributed by atoms with Gasteiger partial charge >= 0.3 is 5.97 Å². The summed E-state index contributed by atoms with van der Waals surface area (Å²) in [7, 11) is 0. The van der Waals surface area contributed by atoms with Crippen LogP contribution in [0.4, 0.5) is 0 Å². The molecule has 2 rings (SSSR count). The fraction of sp³-hybridized carbons (Fsp3) is 0.600. The Balaban J connectivity index is 1.83. The van der Waals surface area contributed by atoms with Crippen molar-refractivity contribution < 1.29 is 19.4 Å². The SMILES string of the molecule is CC(=O)N(CC(=O)O)[C@H]1CCCN(CCOc2cc(C)ccc2C)CC1. The number of carbonyl (C=O) groups is 2. The zero-order valence-corrected chi connectivity index (χ0v) is 16.0. The van der Waals surface area contributed by atoms with Gasteiger partial charge < -0.3 is 14.7 Å². The third-order valence-electron chi connectivity index (χ3n) is 4.95.